The van der Waals surface area contributed by atoms with Crippen LogP contribution in [0.15, 0.2) is 47.4 Å². The largest absolute Gasteiger partial charge is 0.370 e. The van der Waals surface area contributed by atoms with E-state index in [9.17, 15) is 8.78 Å². The van der Waals surface area contributed by atoms with E-state index in [4.69, 9.17) is 0 Å². The summed E-state index contributed by atoms with van der Waals surface area (Å²) in [5, 5.41) is 3.23. The average molecular weight is 294 g/mol. The van der Waals surface area contributed by atoms with Crippen LogP contribution in [0.1, 0.15) is 13.3 Å². The number of pyridine rings is 1. The fourth-order valence-corrected chi connectivity index (χ4v) is 2.25. The molecule has 2 nitrogen and oxygen atoms in total. The third kappa shape index (κ3) is 4.20. The minimum absolute atomic E-state index is 0.550. The van der Waals surface area contributed by atoms with Gasteiger partial charge >= 0.3 is 0 Å². The second kappa shape index (κ2) is 7.24. The number of thioether (sulfide) groups is 1. The van der Waals surface area contributed by atoms with Crippen molar-refractivity contribution in [1.29, 1.82) is 0 Å². The van der Waals surface area contributed by atoms with Crippen LogP contribution in [0.25, 0.3) is 11.3 Å². The van der Waals surface area contributed by atoms with Crippen molar-refractivity contribution in [2.75, 3.05) is 11.9 Å². The van der Waals surface area contributed by atoms with Crippen molar-refractivity contribution in [2.24, 2.45) is 0 Å². The van der Waals surface area contributed by atoms with Crippen molar-refractivity contribution in [3.05, 3.63) is 42.5 Å². The molecule has 20 heavy (non-hydrogen) atoms. The Kier molecular flexibility index (Phi) is 5.35. The maximum absolute atomic E-state index is 12.3. The number of benzene rings is 1. The Hall–Kier alpha value is -1.62. The summed E-state index contributed by atoms with van der Waals surface area (Å²) in [4.78, 5) is 5.06. The monoisotopic (exact) mass is 294 g/mol. The Morgan fingerprint density at radius 1 is 1.15 bits per heavy atom. The number of nitrogens with zero attached hydrogens (tertiary/aromatic N) is 1. The fraction of sp³-hybridized carbons (Fsp3) is 0.267. The van der Waals surface area contributed by atoms with E-state index in [1.807, 2.05) is 30.3 Å². The lowest BCUT2D eigenvalue weighted by Crippen LogP contribution is -2.01. The van der Waals surface area contributed by atoms with Gasteiger partial charge in [-0.2, -0.15) is 8.78 Å². The maximum Gasteiger partial charge on any atom is 0.288 e. The lowest BCUT2D eigenvalue weighted by Gasteiger charge is -2.07. The Morgan fingerprint density at radius 2 is 1.90 bits per heavy atom. The summed E-state index contributed by atoms with van der Waals surface area (Å²) in [6, 6.07) is 12.8. The van der Waals surface area contributed by atoms with Crippen LogP contribution in [-0.4, -0.2) is 17.3 Å². The standard InChI is InChI=1S/C15H16F2N2S/c1-2-10-18-14-5-3-4-13(19-14)11-6-8-12(9-7-11)20-15(16)17/h3-9,15H,2,10H2,1H3,(H,18,19). The molecule has 0 bridgehead atoms. The Balaban J connectivity index is 2.14. The van der Waals surface area contributed by atoms with Gasteiger partial charge in [0.25, 0.3) is 5.76 Å². The van der Waals surface area contributed by atoms with E-state index in [0.29, 0.717) is 16.7 Å². The van der Waals surface area contributed by atoms with Gasteiger partial charge < -0.3 is 5.32 Å². The van der Waals surface area contributed by atoms with Crippen LogP contribution < -0.4 is 5.32 Å². The van der Waals surface area contributed by atoms with Gasteiger partial charge in [0.05, 0.1) is 5.69 Å². The predicted molar refractivity (Wildman–Crippen MR) is 80.3 cm³/mol. The zero-order valence-corrected chi connectivity index (χ0v) is 12.0. The molecule has 0 amide bonds. The zero-order valence-electron chi connectivity index (χ0n) is 11.1. The Bertz CT molecular complexity index is 544. The first kappa shape index (κ1) is 14.8. The van der Waals surface area contributed by atoms with Crippen LogP contribution in [0, 0.1) is 0 Å². The van der Waals surface area contributed by atoms with Crippen LogP contribution in [0.5, 0.6) is 0 Å². The summed E-state index contributed by atoms with van der Waals surface area (Å²) < 4.78 is 24.5. The highest BCUT2D eigenvalue weighted by atomic mass is 32.2. The number of anilines is 1. The third-order valence-electron chi connectivity index (χ3n) is 2.68. The molecule has 0 saturated heterocycles. The zero-order chi connectivity index (χ0) is 14.4. The predicted octanol–water partition coefficient (Wildman–Crippen LogP) is 4.89. The third-order valence-corrected chi connectivity index (χ3v) is 3.40. The maximum atomic E-state index is 12.3. The molecular weight excluding hydrogens is 278 g/mol. The van der Waals surface area contributed by atoms with Crippen molar-refractivity contribution in [1.82, 2.24) is 4.98 Å². The molecule has 106 valence electrons. The van der Waals surface area contributed by atoms with Crippen LogP contribution in [-0.2, 0) is 0 Å². The van der Waals surface area contributed by atoms with Gasteiger partial charge in [0, 0.05) is 17.0 Å². The molecule has 1 heterocycles. The van der Waals surface area contributed by atoms with Crippen LogP contribution in [0.2, 0.25) is 0 Å². The van der Waals surface area contributed by atoms with Crippen molar-refractivity contribution in [3.63, 3.8) is 0 Å². The highest BCUT2D eigenvalue weighted by Crippen LogP contribution is 2.27. The molecule has 2 rings (SSSR count). The highest BCUT2D eigenvalue weighted by Gasteiger charge is 2.06. The Morgan fingerprint density at radius 3 is 2.55 bits per heavy atom. The highest BCUT2D eigenvalue weighted by molar-refractivity contribution is 7.99. The molecule has 5 heteroatoms. The fourth-order valence-electron chi connectivity index (χ4n) is 1.75. The van der Waals surface area contributed by atoms with E-state index in [0.717, 1.165) is 30.0 Å². The van der Waals surface area contributed by atoms with Gasteiger partial charge in [0.15, 0.2) is 0 Å². The smallest absolute Gasteiger partial charge is 0.288 e. The van der Waals surface area contributed by atoms with Gasteiger partial charge in [-0.3, -0.25) is 0 Å². The van der Waals surface area contributed by atoms with E-state index in [2.05, 4.69) is 17.2 Å². The van der Waals surface area contributed by atoms with Crippen LogP contribution in [0.3, 0.4) is 0 Å². The molecule has 1 aromatic heterocycles. The molecular formula is C15H16F2N2S. The molecule has 2 aromatic rings. The summed E-state index contributed by atoms with van der Waals surface area (Å²) in [6.45, 7) is 2.97. The second-order valence-corrected chi connectivity index (χ2v) is 5.30. The van der Waals surface area contributed by atoms with Crippen molar-refractivity contribution >= 4 is 17.6 Å². The lowest BCUT2D eigenvalue weighted by atomic mass is 10.1. The molecule has 0 aliphatic carbocycles. The van der Waals surface area contributed by atoms with Crippen molar-refractivity contribution in [3.8, 4) is 11.3 Å². The van der Waals surface area contributed by atoms with E-state index in [1.54, 1.807) is 12.1 Å². The number of hydrogen-bond acceptors (Lipinski definition) is 3. The molecule has 0 spiro atoms. The van der Waals surface area contributed by atoms with E-state index >= 15 is 0 Å². The molecule has 0 radical (unpaired) electrons. The normalized spacial score (nSPS) is 10.8. The number of aromatic nitrogens is 1. The van der Waals surface area contributed by atoms with Crippen molar-refractivity contribution < 1.29 is 8.78 Å². The number of nitrogens with one attached hydrogen (secondary N) is 1. The number of rotatable bonds is 6. The Labute approximate surface area is 121 Å². The molecule has 0 aliphatic heterocycles. The van der Waals surface area contributed by atoms with E-state index in [1.165, 1.54) is 0 Å². The minimum atomic E-state index is -2.39. The lowest BCUT2D eigenvalue weighted by molar-refractivity contribution is 0.252. The molecule has 0 unspecified atom stereocenters. The van der Waals surface area contributed by atoms with Crippen molar-refractivity contribution in [2.45, 2.75) is 24.0 Å². The first-order chi connectivity index (χ1) is 9.69. The number of hydrogen-bond donors (Lipinski definition) is 1. The molecule has 0 atom stereocenters. The molecule has 0 aliphatic rings. The van der Waals surface area contributed by atoms with E-state index < -0.39 is 5.76 Å². The first-order valence-corrected chi connectivity index (χ1v) is 7.33. The van der Waals surface area contributed by atoms with E-state index in [-0.39, 0.29) is 0 Å². The number of halogens is 2. The number of alkyl halides is 2. The van der Waals surface area contributed by atoms with Crippen LogP contribution in [0.4, 0.5) is 14.6 Å². The van der Waals surface area contributed by atoms with Gasteiger partial charge in [-0.15, -0.1) is 0 Å². The summed E-state index contributed by atoms with van der Waals surface area (Å²) in [5.41, 5.74) is 1.75. The molecule has 0 fully saturated rings. The molecule has 1 N–H and O–H groups in total. The van der Waals surface area contributed by atoms with Gasteiger partial charge in [-0.1, -0.05) is 36.9 Å². The summed E-state index contributed by atoms with van der Waals surface area (Å²) in [5.74, 6) is -1.56. The quantitative estimate of drug-likeness (QED) is 0.768. The molecule has 1 aromatic carbocycles. The van der Waals surface area contributed by atoms with Gasteiger partial charge in [0.1, 0.15) is 5.82 Å². The van der Waals surface area contributed by atoms with Gasteiger partial charge in [-0.05, 0) is 30.7 Å². The van der Waals surface area contributed by atoms with Crippen LogP contribution >= 0.6 is 11.8 Å². The van der Waals surface area contributed by atoms with Gasteiger partial charge in [0.2, 0.25) is 0 Å². The molecule has 0 saturated carbocycles. The summed E-state index contributed by atoms with van der Waals surface area (Å²) in [6.07, 6.45) is 1.03. The SMILES string of the molecule is CCCNc1cccc(-c2ccc(SC(F)F)cc2)n1. The average Bonchev–Trinajstić information content (AvgIpc) is 2.45. The summed E-state index contributed by atoms with van der Waals surface area (Å²) in [7, 11) is 0. The second-order valence-electron chi connectivity index (χ2n) is 4.24. The topological polar surface area (TPSA) is 24.9 Å². The summed E-state index contributed by atoms with van der Waals surface area (Å²) >= 11 is 0.550. The van der Waals surface area contributed by atoms with Gasteiger partial charge in [-0.25, -0.2) is 4.98 Å². The minimum Gasteiger partial charge on any atom is -0.370 e. The first-order valence-electron chi connectivity index (χ1n) is 6.45.